The van der Waals surface area contributed by atoms with Crippen LogP contribution in [0.2, 0.25) is 0 Å². The van der Waals surface area contributed by atoms with Gasteiger partial charge >= 0.3 is 0 Å². The third-order valence-corrected chi connectivity index (χ3v) is 11.6. The molecule has 0 aliphatic rings. The summed E-state index contributed by atoms with van der Waals surface area (Å²) in [5, 5.41) is 1.10. The number of fused-ring (bicyclic) bond motifs is 3. The van der Waals surface area contributed by atoms with Crippen molar-refractivity contribution in [1.82, 2.24) is 14.5 Å². The van der Waals surface area contributed by atoms with E-state index in [1.54, 1.807) is 0 Å². The fraction of sp³-hybridized carbons (Fsp3) is 0. The molecule has 3 nitrogen and oxygen atoms in total. The van der Waals surface area contributed by atoms with E-state index in [9.17, 15) is 0 Å². The van der Waals surface area contributed by atoms with Gasteiger partial charge in [-0.05, 0) is 98.1 Å². The summed E-state index contributed by atoms with van der Waals surface area (Å²) in [6, 6.07) is 84.0. The summed E-state index contributed by atoms with van der Waals surface area (Å²) in [6.45, 7) is 0. The van der Waals surface area contributed by atoms with Crippen LogP contribution in [0.25, 0.3) is 106 Å². The van der Waals surface area contributed by atoms with Gasteiger partial charge in [0.05, 0.1) is 16.7 Å². The minimum Gasteiger partial charge on any atom is -0.306 e. The molecule has 0 saturated carbocycles. The first kappa shape index (κ1) is 36.0. The van der Waals surface area contributed by atoms with Crippen molar-refractivity contribution in [3.63, 3.8) is 0 Å². The third-order valence-electron chi connectivity index (χ3n) is 11.6. The molecule has 0 aliphatic heterocycles. The van der Waals surface area contributed by atoms with Crippen molar-refractivity contribution in [2.45, 2.75) is 0 Å². The Morgan fingerprint density at radius 3 is 1.23 bits per heavy atom. The largest absolute Gasteiger partial charge is 0.306 e. The van der Waals surface area contributed by atoms with Gasteiger partial charge in [-0.1, -0.05) is 194 Å². The Labute approximate surface area is 355 Å². The van der Waals surface area contributed by atoms with Crippen molar-refractivity contribution < 1.29 is 0 Å². The molecule has 0 aliphatic carbocycles. The molecule has 0 saturated heterocycles. The molecule has 11 rings (SSSR count). The molecule has 9 aromatic carbocycles. The van der Waals surface area contributed by atoms with E-state index in [4.69, 9.17) is 9.97 Å². The van der Waals surface area contributed by atoms with Gasteiger partial charge in [-0.25, -0.2) is 9.97 Å². The van der Waals surface area contributed by atoms with Crippen LogP contribution in [0.1, 0.15) is 0 Å². The summed E-state index contributed by atoms with van der Waals surface area (Å²) in [5.74, 6) is 0.700. The average Bonchev–Trinajstić information content (AvgIpc) is 3.69. The van der Waals surface area contributed by atoms with Crippen molar-refractivity contribution in [2.24, 2.45) is 0 Å². The molecular weight excluding hydrogens is 739 g/mol. The zero-order valence-corrected chi connectivity index (χ0v) is 33.4. The van der Waals surface area contributed by atoms with Crippen LogP contribution < -0.4 is 0 Å². The maximum Gasteiger partial charge on any atom is 0.160 e. The lowest BCUT2D eigenvalue weighted by Gasteiger charge is -2.13. The first-order valence-electron chi connectivity index (χ1n) is 20.7. The van der Waals surface area contributed by atoms with Crippen LogP contribution in [0.5, 0.6) is 0 Å². The summed E-state index contributed by atoms with van der Waals surface area (Å²) >= 11 is 0. The molecule has 0 fully saturated rings. The highest BCUT2D eigenvalue weighted by molar-refractivity contribution is 6.11. The molecule has 286 valence electrons. The first-order valence-corrected chi connectivity index (χ1v) is 20.7. The first-order chi connectivity index (χ1) is 30.2. The van der Waals surface area contributed by atoms with Gasteiger partial charge in [0.15, 0.2) is 5.82 Å². The van der Waals surface area contributed by atoms with Crippen molar-refractivity contribution in [3.8, 4) is 84.0 Å². The molecule has 0 bridgehead atoms. The highest BCUT2D eigenvalue weighted by Gasteiger charge is 2.21. The predicted molar refractivity (Wildman–Crippen MR) is 254 cm³/mol. The predicted octanol–water partition coefficient (Wildman–Crippen LogP) is 15.2. The van der Waals surface area contributed by atoms with E-state index >= 15 is 0 Å². The molecular formula is C58H39N3. The Morgan fingerprint density at radius 1 is 0.279 bits per heavy atom. The van der Waals surface area contributed by atoms with Gasteiger partial charge in [0.2, 0.25) is 0 Å². The van der Waals surface area contributed by atoms with Crippen LogP contribution in [0.4, 0.5) is 0 Å². The Bertz CT molecular complexity index is 3240. The second-order valence-electron chi connectivity index (χ2n) is 15.4. The van der Waals surface area contributed by atoms with Gasteiger partial charge in [0.25, 0.3) is 0 Å². The number of hydrogen-bond donors (Lipinski definition) is 0. The number of benzene rings is 9. The smallest absolute Gasteiger partial charge is 0.160 e. The highest BCUT2D eigenvalue weighted by Crippen LogP contribution is 2.39. The maximum atomic E-state index is 5.35. The molecule has 61 heavy (non-hydrogen) atoms. The van der Waals surface area contributed by atoms with Gasteiger partial charge in [-0.3, -0.25) is 0 Å². The Morgan fingerprint density at radius 2 is 0.672 bits per heavy atom. The second-order valence-corrected chi connectivity index (χ2v) is 15.4. The van der Waals surface area contributed by atoms with E-state index in [2.05, 4.69) is 235 Å². The number of rotatable bonds is 8. The fourth-order valence-electron chi connectivity index (χ4n) is 8.55. The molecule has 0 amide bonds. The van der Waals surface area contributed by atoms with Crippen LogP contribution >= 0.6 is 0 Å². The molecule has 0 N–H and O–H groups in total. The molecule has 2 aromatic heterocycles. The molecule has 0 radical (unpaired) electrons. The zero-order valence-electron chi connectivity index (χ0n) is 33.4. The van der Waals surface area contributed by atoms with Crippen molar-refractivity contribution in [1.29, 1.82) is 0 Å². The van der Waals surface area contributed by atoms with Gasteiger partial charge in [-0.15, -0.1) is 0 Å². The fourth-order valence-corrected chi connectivity index (χ4v) is 8.55. The van der Waals surface area contributed by atoms with Gasteiger partial charge in [0.1, 0.15) is 5.52 Å². The average molecular weight is 778 g/mol. The molecule has 11 aromatic rings. The Kier molecular flexibility index (Phi) is 9.18. The third kappa shape index (κ3) is 6.88. The maximum absolute atomic E-state index is 5.35. The lowest BCUT2D eigenvalue weighted by molar-refractivity contribution is 1.15. The van der Waals surface area contributed by atoms with Gasteiger partial charge < -0.3 is 4.57 Å². The van der Waals surface area contributed by atoms with Crippen LogP contribution in [-0.2, 0) is 0 Å². The summed E-state index contributed by atoms with van der Waals surface area (Å²) in [4.78, 5) is 10.7. The number of aromatic nitrogens is 3. The van der Waals surface area contributed by atoms with Crippen molar-refractivity contribution >= 4 is 21.9 Å². The zero-order chi connectivity index (χ0) is 40.5. The van der Waals surface area contributed by atoms with Crippen molar-refractivity contribution in [3.05, 3.63) is 237 Å². The van der Waals surface area contributed by atoms with E-state index < -0.39 is 0 Å². The van der Waals surface area contributed by atoms with E-state index in [1.165, 1.54) is 44.5 Å². The second kappa shape index (κ2) is 15.6. The Hall–Kier alpha value is -8.14. The number of nitrogens with zero attached hydrogens (tertiary/aromatic N) is 3. The number of para-hydroxylation sites is 2. The van der Waals surface area contributed by atoms with Crippen LogP contribution in [0.15, 0.2) is 237 Å². The van der Waals surface area contributed by atoms with E-state index in [0.717, 1.165) is 55.6 Å². The molecule has 0 unspecified atom stereocenters. The molecule has 3 heteroatoms. The summed E-state index contributed by atoms with van der Waals surface area (Å²) < 4.78 is 2.30. The van der Waals surface area contributed by atoms with Crippen LogP contribution in [0.3, 0.4) is 0 Å². The summed E-state index contributed by atoms with van der Waals surface area (Å²) in [7, 11) is 0. The quantitative estimate of drug-likeness (QED) is 0.154. The molecule has 0 spiro atoms. The SMILES string of the molecule is c1ccc(-c2cc(-c3ccccc3)cc(-c3ccc(-c4ccc(-c5cccc(-c6nc(-c7ccccc7)c7c(n6)c6ccccc6n7-c6ccccc6)c5)cc4)cc3)c2)cc1. The monoisotopic (exact) mass is 777 g/mol. The molecule has 2 heterocycles. The van der Waals surface area contributed by atoms with Crippen LogP contribution in [-0.4, -0.2) is 14.5 Å². The summed E-state index contributed by atoms with van der Waals surface area (Å²) in [5.41, 5.74) is 18.9. The lowest BCUT2D eigenvalue weighted by atomic mass is 9.92. The Balaban J connectivity index is 0.929. The van der Waals surface area contributed by atoms with Crippen molar-refractivity contribution in [2.75, 3.05) is 0 Å². The standard InChI is InChI=1S/C58H39N3/c1-5-16-40(17-6-1)49-37-50(41-18-7-2-8-19-41)39-51(38-49)45-34-30-43(31-35-45)42-28-32-44(33-29-42)47-22-15-23-48(36-47)58-59-55(46-20-9-3-10-21-46)57-56(60-58)53-26-13-14-27-54(53)61(57)52-24-11-4-12-25-52/h1-39H. The number of hydrogen-bond acceptors (Lipinski definition) is 2. The van der Waals surface area contributed by atoms with E-state index in [1.807, 2.05) is 6.07 Å². The van der Waals surface area contributed by atoms with Gasteiger partial charge in [0, 0.05) is 22.2 Å². The van der Waals surface area contributed by atoms with Crippen LogP contribution in [0, 0.1) is 0 Å². The van der Waals surface area contributed by atoms with Gasteiger partial charge in [-0.2, -0.15) is 0 Å². The minimum absolute atomic E-state index is 0.700. The normalized spacial score (nSPS) is 11.3. The molecule has 0 atom stereocenters. The van der Waals surface area contributed by atoms with E-state index in [0.29, 0.717) is 5.82 Å². The lowest BCUT2D eigenvalue weighted by Crippen LogP contribution is -1.99. The summed E-state index contributed by atoms with van der Waals surface area (Å²) in [6.07, 6.45) is 0. The highest BCUT2D eigenvalue weighted by atomic mass is 15.0. The minimum atomic E-state index is 0.700. The van der Waals surface area contributed by atoms with E-state index in [-0.39, 0.29) is 0 Å². The topological polar surface area (TPSA) is 30.7 Å².